The molecule has 68 valence electrons. The Labute approximate surface area is 72.6 Å². The molecule has 2 N–H and O–H groups in total. The normalized spacial score (nSPS) is 23.7. The van der Waals surface area contributed by atoms with Gasteiger partial charge in [-0.1, -0.05) is 12.2 Å². The van der Waals surface area contributed by atoms with Gasteiger partial charge in [0.2, 0.25) is 0 Å². The van der Waals surface area contributed by atoms with E-state index in [0.717, 1.165) is 25.7 Å². The summed E-state index contributed by atoms with van der Waals surface area (Å²) in [6.45, 7) is 4.37. The second-order valence-electron chi connectivity index (χ2n) is 3.34. The molecule has 0 spiro atoms. The fourth-order valence-electron chi connectivity index (χ4n) is 1.60. The van der Waals surface area contributed by atoms with Crippen molar-refractivity contribution in [2.45, 2.75) is 25.7 Å². The average Bonchev–Trinajstić information content (AvgIpc) is 2.01. The number of hydrogen-bond acceptors (Lipinski definition) is 2. The lowest BCUT2D eigenvalue weighted by atomic mass is 9.87. The lowest BCUT2D eigenvalue weighted by Gasteiger charge is -2.22. The van der Waals surface area contributed by atoms with Gasteiger partial charge in [0.15, 0.2) is 0 Å². The number of ether oxygens (including phenoxy) is 1. The molecule has 0 heterocycles. The maximum Gasteiger partial charge on any atom is 0.404 e. The summed E-state index contributed by atoms with van der Waals surface area (Å²) in [5, 5.41) is 0. The zero-order valence-corrected chi connectivity index (χ0v) is 7.21. The van der Waals surface area contributed by atoms with Gasteiger partial charge >= 0.3 is 6.09 Å². The lowest BCUT2D eigenvalue weighted by Crippen LogP contribution is -2.20. The van der Waals surface area contributed by atoms with Crippen LogP contribution < -0.4 is 5.73 Å². The standard InChI is InChI=1S/C9H15NO2/c1-7-3-2-4-8(5-7)6-12-9(10)11/h8H,1-6H2,(H2,10,11). The monoisotopic (exact) mass is 169 g/mol. The zero-order valence-electron chi connectivity index (χ0n) is 7.21. The average molecular weight is 169 g/mol. The molecule has 0 aromatic rings. The molecule has 0 saturated heterocycles. The Balaban J connectivity index is 2.23. The molecule has 1 unspecified atom stereocenters. The minimum Gasteiger partial charge on any atom is -0.449 e. The number of primary amides is 1. The van der Waals surface area contributed by atoms with Gasteiger partial charge in [0.25, 0.3) is 0 Å². The molecule has 0 aliphatic heterocycles. The topological polar surface area (TPSA) is 52.3 Å². The summed E-state index contributed by atoms with van der Waals surface area (Å²) in [4.78, 5) is 10.3. The molecule has 1 rings (SSSR count). The van der Waals surface area contributed by atoms with Crippen LogP contribution in [0.25, 0.3) is 0 Å². The van der Waals surface area contributed by atoms with Crippen molar-refractivity contribution in [2.24, 2.45) is 11.7 Å². The van der Waals surface area contributed by atoms with E-state index in [2.05, 4.69) is 6.58 Å². The van der Waals surface area contributed by atoms with Gasteiger partial charge in [-0.2, -0.15) is 0 Å². The van der Waals surface area contributed by atoms with Gasteiger partial charge in [0.05, 0.1) is 6.61 Å². The third kappa shape index (κ3) is 2.95. The maximum atomic E-state index is 10.3. The van der Waals surface area contributed by atoms with Gasteiger partial charge in [-0.05, 0) is 31.6 Å². The van der Waals surface area contributed by atoms with Crippen LogP contribution in [0.3, 0.4) is 0 Å². The van der Waals surface area contributed by atoms with E-state index in [1.807, 2.05) is 0 Å². The molecule has 1 amide bonds. The first kappa shape index (κ1) is 9.10. The molecule has 0 bridgehead atoms. The zero-order chi connectivity index (χ0) is 8.97. The van der Waals surface area contributed by atoms with Crippen LogP contribution in [-0.4, -0.2) is 12.7 Å². The highest BCUT2D eigenvalue weighted by Crippen LogP contribution is 2.27. The largest absolute Gasteiger partial charge is 0.449 e. The smallest absolute Gasteiger partial charge is 0.404 e. The van der Waals surface area contributed by atoms with E-state index in [9.17, 15) is 4.79 Å². The Hall–Kier alpha value is -0.990. The molecule has 12 heavy (non-hydrogen) atoms. The molecule has 1 atom stereocenters. The van der Waals surface area contributed by atoms with Crippen molar-refractivity contribution in [3.05, 3.63) is 12.2 Å². The molecule has 0 aromatic heterocycles. The molecule has 0 aromatic carbocycles. The Bertz CT molecular complexity index is 189. The van der Waals surface area contributed by atoms with Crippen LogP contribution in [0.5, 0.6) is 0 Å². The second-order valence-corrected chi connectivity index (χ2v) is 3.34. The van der Waals surface area contributed by atoms with Gasteiger partial charge in [-0.3, -0.25) is 0 Å². The van der Waals surface area contributed by atoms with E-state index in [-0.39, 0.29) is 0 Å². The van der Waals surface area contributed by atoms with Crippen molar-refractivity contribution in [1.29, 1.82) is 0 Å². The molecular formula is C9H15NO2. The van der Waals surface area contributed by atoms with Crippen LogP contribution in [0.1, 0.15) is 25.7 Å². The Morgan fingerprint density at radius 1 is 1.75 bits per heavy atom. The van der Waals surface area contributed by atoms with Gasteiger partial charge in [0.1, 0.15) is 0 Å². The molecule has 1 aliphatic carbocycles. The van der Waals surface area contributed by atoms with E-state index in [0.29, 0.717) is 12.5 Å². The van der Waals surface area contributed by atoms with E-state index in [1.165, 1.54) is 5.57 Å². The van der Waals surface area contributed by atoms with Crippen molar-refractivity contribution in [3.8, 4) is 0 Å². The number of hydrogen-bond donors (Lipinski definition) is 1. The third-order valence-corrected chi connectivity index (χ3v) is 2.18. The lowest BCUT2D eigenvalue weighted by molar-refractivity contribution is 0.130. The minimum atomic E-state index is -0.675. The first-order chi connectivity index (χ1) is 5.68. The predicted molar refractivity (Wildman–Crippen MR) is 46.6 cm³/mol. The van der Waals surface area contributed by atoms with Crippen LogP contribution in [-0.2, 0) is 4.74 Å². The van der Waals surface area contributed by atoms with E-state index in [1.54, 1.807) is 0 Å². The summed E-state index contributed by atoms with van der Waals surface area (Å²) < 4.78 is 4.73. The van der Waals surface area contributed by atoms with Crippen LogP contribution in [0.15, 0.2) is 12.2 Å². The first-order valence-corrected chi connectivity index (χ1v) is 4.27. The fraction of sp³-hybridized carbons (Fsp3) is 0.667. The van der Waals surface area contributed by atoms with Crippen LogP contribution in [0, 0.1) is 5.92 Å². The SMILES string of the molecule is C=C1CCCC(COC(N)=O)C1. The number of rotatable bonds is 2. The van der Waals surface area contributed by atoms with Gasteiger partial charge in [-0.15, -0.1) is 0 Å². The van der Waals surface area contributed by atoms with Crippen molar-refractivity contribution in [3.63, 3.8) is 0 Å². The Kier molecular flexibility index (Phi) is 3.14. The summed E-state index contributed by atoms with van der Waals surface area (Å²) in [5.74, 6) is 0.443. The fourth-order valence-corrected chi connectivity index (χ4v) is 1.60. The molecule has 3 nitrogen and oxygen atoms in total. The summed E-state index contributed by atoms with van der Waals surface area (Å²) in [5.41, 5.74) is 6.12. The Morgan fingerprint density at radius 2 is 2.50 bits per heavy atom. The molecule has 3 heteroatoms. The predicted octanol–water partition coefficient (Wildman–Crippen LogP) is 1.83. The number of carbonyl (C=O) groups excluding carboxylic acids is 1. The molecule has 1 fully saturated rings. The molecule has 1 aliphatic rings. The molecular weight excluding hydrogens is 154 g/mol. The van der Waals surface area contributed by atoms with Gasteiger partial charge in [0, 0.05) is 0 Å². The van der Waals surface area contributed by atoms with Crippen molar-refractivity contribution >= 4 is 6.09 Å². The van der Waals surface area contributed by atoms with Crippen LogP contribution in [0.2, 0.25) is 0 Å². The second kappa shape index (κ2) is 4.14. The third-order valence-electron chi connectivity index (χ3n) is 2.18. The maximum absolute atomic E-state index is 10.3. The van der Waals surface area contributed by atoms with Crippen molar-refractivity contribution in [2.75, 3.05) is 6.61 Å². The number of amides is 1. The summed E-state index contributed by atoms with van der Waals surface area (Å²) in [6.07, 6.45) is 3.70. The Morgan fingerprint density at radius 3 is 3.08 bits per heavy atom. The summed E-state index contributed by atoms with van der Waals surface area (Å²) >= 11 is 0. The highest BCUT2D eigenvalue weighted by molar-refractivity contribution is 5.64. The highest BCUT2D eigenvalue weighted by atomic mass is 16.5. The van der Waals surface area contributed by atoms with Crippen LogP contribution in [0.4, 0.5) is 4.79 Å². The number of nitrogens with two attached hydrogens (primary N) is 1. The molecule has 0 radical (unpaired) electrons. The van der Waals surface area contributed by atoms with E-state index >= 15 is 0 Å². The summed E-state index contributed by atoms with van der Waals surface area (Å²) in [6, 6.07) is 0. The summed E-state index contributed by atoms with van der Waals surface area (Å²) in [7, 11) is 0. The van der Waals surface area contributed by atoms with Gasteiger partial charge < -0.3 is 10.5 Å². The van der Waals surface area contributed by atoms with Crippen molar-refractivity contribution in [1.82, 2.24) is 0 Å². The van der Waals surface area contributed by atoms with Crippen molar-refractivity contribution < 1.29 is 9.53 Å². The molecule has 1 saturated carbocycles. The number of allylic oxidation sites excluding steroid dienone is 1. The minimum absolute atomic E-state index is 0.443. The van der Waals surface area contributed by atoms with E-state index < -0.39 is 6.09 Å². The highest BCUT2D eigenvalue weighted by Gasteiger charge is 2.16. The van der Waals surface area contributed by atoms with Crippen LogP contribution >= 0.6 is 0 Å². The first-order valence-electron chi connectivity index (χ1n) is 4.27. The quantitative estimate of drug-likeness (QED) is 0.641. The number of carbonyl (C=O) groups is 1. The van der Waals surface area contributed by atoms with E-state index in [4.69, 9.17) is 10.5 Å². The van der Waals surface area contributed by atoms with Gasteiger partial charge in [-0.25, -0.2) is 4.79 Å².